The summed E-state index contributed by atoms with van der Waals surface area (Å²) in [6.07, 6.45) is 1.31. The summed E-state index contributed by atoms with van der Waals surface area (Å²) >= 11 is 0. The van der Waals surface area contributed by atoms with Crippen LogP contribution >= 0.6 is 0 Å². The highest BCUT2D eigenvalue weighted by atomic mass is 16.2. The van der Waals surface area contributed by atoms with Gasteiger partial charge in [-0.1, -0.05) is 48.5 Å². The van der Waals surface area contributed by atoms with Crippen LogP contribution in [-0.4, -0.2) is 59.0 Å². The monoisotopic (exact) mass is 476 g/mol. The first-order valence-corrected chi connectivity index (χ1v) is 12.4. The van der Waals surface area contributed by atoms with Crippen molar-refractivity contribution in [1.82, 2.24) is 15.5 Å². The van der Waals surface area contributed by atoms with E-state index in [9.17, 15) is 24.0 Å². The summed E-state index contributed by atoms with van der Waals surface area (Å²) in [7, 11) is 0. The van der Waals surface area contributed by atoms with Gasteiger partial charge in [-0.05, 0) is 47.8 Å². The van der Waals surface area contributed by atoms with Crippen LogP contribution < -0.4 is 16.4 Å². The van der Waals surface area contributed by atoms with E-state index in [0.717, 1.165) is 6.42 Å². The van der Waals surface area contributed by atoms with E-state index in [0.29, 0.717) is 18.9 Å². The van der Waals surface area contributed by atoms with Crippen LogP contribution in [0.15, 0.2) is 0 Å². The van der Waals surface area contributed by atoms with Gasteiger partial charge in [-0.2, -0.15) is 0 Å². The predicted molar refractivity (Wildman–Crippen MR) is 126 cm³/mol. The molecule has 3 aliphatic rings. The number of fused-ring (bicyclic) bond motifs is 1. The first kappa shape index (κ1) is 26.2. The molecule has 2 aliphatic carbocycles. The molecular weight excluding hydrogens is 436 g/mol. The average Bonchev–Trinajstić information content (AvgIpc) is 3.47. The normalized spacial score (nSPS) is 30.4. The molecule has 1 unspecified atom stereocenters. The van der Waals surface area contributed by atoms with E-state index in [1.807, 2.05) is 13.8 Å². The number of piperidine rings is 1. The summed E-state index contributed by atoms with van der Waals surface area (Å²) in [5.41, 5.74) is 5.14. The van der Waals surface area contributed by atoms with Crippen LogP contribution in [0.5, 0.6) is 0 Å². The van der Waals surface area contributed by atoms with Crippen molar-refractivity contribution in [2.45, 2.75) is 79.4 Å². The zero-order valence-electron chi connectivity index (χ0n) is 21.4. The van der Waals surface area contributed by atoms with Crippen LogP contribution in [0, 0.1) is 40.9 Å². The van der Waals surface area contributed by atoms with E-state index in [1.165, 1.54) is 0 Å². The molecule has 190 valence electrons. The standard InChI is InChI=1S/C25H40N4O5/c1-11(2)18(28-22(32)12(3)4)24(34)29-10-15-17(25(15,6)7)19(29)23(33)27-16(20(30)21(26)31)9-14-8-13(14)5/h11-19H,8-10H2,1-7H3,(H2,26,31)(H,27,33)(H,28,32)/t13-,14+,15-,16?,17-,18-,19-/m0/s1. The minimum atomic E-state index is -1.07. The molecule has 0 spiro atoms. The minimum absolute atomic E-state index is 0.0470. The highest BCUT2D eigenvalue weighted by molar-refractivity contribution is 6.37. The predicted octanol–water partition coefficient (Wildman–Crippen LogP) is 0.852. The zero-order valence-corrected chi connectivity index (χ0v) is 21.4. The van der Waals surface area contributed by atoms with Crippen LogP contribution in [0.2, 0.25) is 0 Å². The van der Waals surface area contributed by atoms with Gasteiger partial charge in [0, 0.05) is 12.5 Å². The molecule has 4 amide bonds. The molecule has 1 heterocycles. The number of likely N-dealkylation sites (tertiary alicyclic amines) is 1. The van der Waals surface area contributed by atoms with Gasteiger partial charge in [0.25, 0.3) is 5.91 Å². The maximum absolute atomic E-state index is 13.6. The van der Waals surface area contributed by atoms with Crippen LogP contribution in [0.3, 0.4) is 0 Å². The fraction of sp³-hybridized carbons (Fsp3) is 0.800. The molecule has 0 bridgehead atoms. The van der Waals surface area contributed by atoms with Gasteiger partial charge < -0.3 is 21.3 Å². The second-order valence-electron chi connectivity index (χ2n) is 11.8. The number of primary amides is 1. The molecule has 7 atom stereocenters. The zero-order chi connectivity index (χ0) is 25.7. The third-order valence-electron chi connectivity index (χ3n) is 8.21. The fourth-order valence-corrected chi connectivity index (χ4v) is 5.52. The van der Waals surface area contributed by atoms with Gasteiger partial charge in [0.15, 0.2) is 0 Å². The minimum Gasteiger partial charge on any atom is -0.363 e. The molecule has 0 radical (unpaired) electrons. The smallest absolute Gasteiger partial charge is 0.287 e. The Bertz CT molecular complexity index is 883. The van der Waals surface area contributed by atoms with Crippen LogP contribution in [0.4, 0.5) is 0 Å². The lowest BCUT2D eigenvalue weighted by molar-refractivity contribution is -0.145. The van der Waals surface area contributed by atoms with Crippen LogP contribution in [0.1, 0.15) is 61.3 Å². The van der Waals surface area contributed by atoms with E-state index in [4.69, 9.17) is 5.73 Å². The van der Waals surface area contributed by atoms with Crippen molar-refractivity contribution >= 4 is 29.4 Å². The Hall–Kier alpha value is -2.45. The van der Waals surface area contributed by atoms with Crippen molar-refractivity contribution < 1.29 is 24.0 Å². The van der Waals surface area contributed by atoms with E-state index >= 15 is 0 Å². The Labute approximate surface area is 201 Å². The maximum atomic E-state index is 13.6. The van der Waals surface area contributed by atoms with Crippen molar-refractivity contribution in [1.29, 1.82) is 0 Å². The lowest BCUT2D eigenvalue weighted by Crippen LogP contribution is -2.59. The lowest BCUT2D eigenvalue weighted by Gasteiger charge is -2.35. The molecule has 9 nitrogen and oxygen atoms in total. The molecule has 3 rings (SSSR count). The Morgan fingerprint density at radius 1 is 1.06 bits per heavy atom. The van der Waals surface area contributed by atoms with Gasteiger partial charge in [-0.3, -0.25) is 24.0 Å². The van der Waals surface area contributed by atoms with Crippen molar-refractivity contribution in [2.24, 2.45) is 46.7 Å². The summed E-state index contributed by atoms with van der Waals surface area (Å²) in [5.74, 6) is -2.44. The van der Waals surface area contributed by atoms with Gasteiger partial charge in [-0.15, -0.1) is 0 Å². The molecular formula is C25H40N4O5. The number of carbonyl (C=O) groups excluding carboxylic acids is 5. The lowest BCUT2D eigenvalue weighted by atomic mass is 9.96. The van der Waals surface area contributed by atoms with Crippen molar-refractivity contribution in [2.75, 3.05) is 6.54 Å². The number of rotatable bonds is 10. The number of Topliss-reactive ketones (excluding diaryl/α,β-unsaturated/α-hetero) is 1. The largest absolute Gasteiger partial charge is 0.363 e. The summed E-state index contributed by atoms with van der Waals surface area (Å²) < 4.78 is 0. The van der Waals surface area contributed by atoms with E-state index in [-0.39, 0.29) is 46.8 Å². The number of ketones is 1. The molecule has 34 heavy (non-hydrogen) atoms. The van der Waals surface area contributed by atoms with Gasteiger partial charge in [0.2, 0.25) is 23.5 Å². The van der Waals surface area contributed by atoms with Crippen LogP contribution in [-0.2, 0) is 24.0 Å². The highest BCUT2D eigenvalue weighted by Crippen LogP contribution is 2.65. The number of hydrogen-bond donors (Lipinski definition) is 3. The molecule has 1 saturated heterocycles. The number of hydrogen-bond acceptors (Lipinski definition) is 5. The van der Waals surface area contributed by atoms with Gasteiger partial charge in [0.05, 0.1) is 6.04 Å². The van der Waals surface area contributed by atoms with Crippen LogP contribution in [0.25, 0.3) is 0 Å². The third kappa shape index (κ3) is 4.98. The second kappa shape index (κ2) is 9.30. The summed E-state index contributed by atoms with van der Waals surface area (Å²) in [5, 5.41) is 5.61. The highest BCUT2D eigenvalue weighted by Gasteiger charge is 2.69. The summed E-state index contributed by atoms with van der Waals surface area (Å²) in [4.78, 5) is 65.1. The summed E-state index contributed by atoms with van der Waals surface area (Å²) in [6, 6.07) is -2.50. The van der Waals surface area contributed by atoms with Gasteiger partial charge in [0.1, 0.15) is 12.1 Å². The average molecular weight is 477 g/mol. The molecule has 2 saturated carbocycles. The quantitative estimate of drug-likeness (QED) is 0.401. The van der Waals surface area contributed by atoms with E-state index < -0.39 is 35.7 Å². The van der Waals surface area contributed by atoms with Gasteiger partial charge in [-0.25, -0.2) is 0 Å². The van der Waals surface area contributed by atoms with Crippen molar-refractivity contribution in [3.63, 3.8) is 0 Å². The van der Waals surface area contributed by atoms with Gasteiger partial charge >= 0.3 is 0 Å². The molecule has 4 N–H and O–H groups in total. The molecule has 1 aliphatic heterocycles. The molecule has 0 aromatic carbocycles. The molecule has 3 fully saturated rings. The number of amides is 4. The second-order valence-corrected chi connectivity index (χ2v) is 11.8. The number of nitrogens with two attached hydrogens (primary N) is 1. The summed E-state index contributed by atoms with van der Waals surface area (Å²) in [6.45, 7) is 13.9. The topological polar surface area (TPSA) is 139 Å². The number of nitrogens with zero attached hydrogens (tertiary/aromatic N) is 1. The first-order chi connectivity index (χ1) is 15.7. The Balaban J connectivity index is 1.81. The van der Waals surface area contributed by atoms with E-state index in [2.05, 4.69) is 31.4 Å². The van der Waals surface area contributed by atoms with E-state index in [1.54, 1.807) is 18.7 Å². The Kier molecular flexibility index (Phi) is 7.16. The first-order valence-electron chi connectivity index (χ1n) is 12.4. The SMILES string of the molecule is CC(C)C(=O)N[C@H](C(=O)N1C[C@H]2[C@@H]([C@H]1C(=O)NC(C[C@H]1C[C@@H]1C)C(=O)C(N)=O)C2(C)C)C(C)C. The number of nitrogens with one attached hydrogen (secondary N) is 2. The fourth-order valence-electron chi connectivity index (χ4n) is 5.52. The number of carbonyl (C=O) groups is 5. The maximum Gasteiger partial charge on any atom is 0.287 e. The Morgan fingerprint density at radius 3 is 2.12 bits per heavy atom. The van der Waals surface area contributed by atoms with Crippen molar-refractivity contribution in [3.05, 3.63) is 0 Å². The molecule has 0 aromatic heterocycles. The molecule has 9 heteroatoms. The Morgan fingerprint density at radius 2 is 1.65 bits per heavy atom. The van der Waals surface area contributed by atoms with Crippen molar-refractivity contribution in [3.8, 4) is 0 Å². The third-order valence-corrected chi connectivity index (χ3v) is 8.21. The molecule has 0 aromatic rings.